The zero-order chi connectivity index (χ0) is 17.1. The summed E-state index contributed by atoms with van der Waals surface area (Å²) in [5.41, 5.74) is 7.52. The third-order valence-corrected chi connectivity index (χ3v) is 3.83. The molecule has 2 heterocycles. The van der Waals surface area contributed by atoms with Crippen LogP contribution in [0.15, 0.2) is 52.2 Å². The van der Waals surface area contributed by atoms with E-state index in [1.54, 1.807) is 11.2 Å². The molecule has 0 spiro atoms. The Hall–Kier alpha value is -3.09. The highest BCUT2D eigenvalue weighted by atomic mass is 16.6. The first-order valence-corrected chi connectivity index (χ1v) is 7.49. The summed E-state index contributed by atoms with van der Waals surface area (Å²) in [6, 6.07) is 11.1. The first kappa shape index (κ1) is 15.8. The Morgan fingerprint density at radius 1 is 1.38 bits per heavy atom. The standard InChI is InChI=1S/C17H18N4O3/c1-21(10-13-3-2-8-23-13)16(18)12-6-4-11(5-7-12)14-9-15(17(19)22)24-20-14/h2-8,15,18H,9-10H2,1H3,(H2,19,22). The van der Waals surface area contributed by atoms with Gasteiger partial charge in [0, 0.05) is 19.0 Å². The summed E-state index contributed by atoms with van der Waals surface area (Å²) in [5.74, 6) is 0.665. The number of nitrogens with two attached hydrogens (primary N) is 1. The average molecular weight is 326 g/mol. The van der Waals surface area contributed by atoms with Crippen molar-refractivity contribution < 1.29 is 14.0 Å². The van der Waals surface area contributed by atoms with Crippen molar-refractivity contribution in [2.75, 3.05) is 7.05 Å². The van der Waals surface area contributed by atoms with Crippen molar-refractivity contribution in [3.8, 4) is 0 Å². The minimum absolute atomic E-state index is 0.366. The Balaban J connectivity index is 1.66. The maximum absolute atomic E-state index is 11.1. The van der Waals surface area contributed by atoms with Crippen LogP contribution in [0.25, 0.3) is 0 Å². The molecular weight excluding hydrogens is 308 g/mol. The molecule has 2 aromatic rings. The summed E-state index contributed by atoms with van der Waals surface area (Å²) in [5, 5.41) is 12.2. The molecule has 7 nitrogen and oxygen atoms in total. The average Bonchev–Trinajstić information content (AvgIpc) is 3.26. The van der Waals surface area contributed by atoms with Gasteiger partial charge in [0.25, 0.3) is 5.91 Å². The lowest BCUT2D eigenvalue weighted by Gasteiger charge is -2.19. The number of carbonyl (C=O) groups excluding carboxylic acids is 1. The van der Waals surface area contributed by atoms with Gasteiger partial charge in [-0.3, -0.25) is 10.2 Å². The van der Waals surface area contributed by atoms with Gasteiger partial charge in [0.05, 0.1) is 18.5 Å². The van der Waals surface area contributed by atoms with Gasteiger partial charge in [-0.05, 0) is 17.7 Å². The molecule has 1 unspecified atom stereocenters. The number of furan rings is 1. The van der Waals surface area contributed by atoms with Crippen LogP contribution in [-0.2, 0) is 16.2 Å². The van der Waals surface area contributed by atoms with Crippen LogP contribution in [0.4, 0.5) is 0 Å². The first-order valence-electron chi connectivity index (χ1n) is 7.49. The van der Waals surface area contributed by atoms with E-state index in [4.69, 9.17) is 20.4 Å². The zero-order valence-electron chi connectivity index (χ0n) is 13.2. The van der Waals surface area contributed by atoms with Gasteiger partial charge < -0.3 is 19.9 Å². The Kier molecular flexibility index (Phi) is 4.33. The SMILES string of the molecule is CN(Cc1ccco1)C(=N)c1ccc(C2=NOC(C(N)=O)C2)cc1. The monoisotopic (exact) mass is 326 g/mol. The molecule has 0 saturated carbocycles. The molecule has 1 atom stereocenters. The van der Waals surface area contributed by atoms with Gasteiger partial charge in [-0.25, -0.2) is 0 Å². The van der Waals surface area contributed by atoms with Crippen LogP contribution in [0.2, 0.25) is 0 Å². The Morgan fingerprint density at radius 2 is 2.12 bits per heavy atom. The molecule has 1 aromatic heterocycles. The fourth-order valence-electron chi connectivity index (χ4n) is 2.46. The summed E-state index contributed by atoms with van der Waals surface area (Å²) < 4.78 is 5.30. The molecule has 0 radical (unpaired) electrons. The van der Waals surface area contributed by atoms with Crippen molar-refractivity contribution in [2.24, 2.45) is 10.9 Å². The van der Waals surface area contributed by atoms with E-state index in [2.05, 4.69) is 5.16 Å². The second kappa shape index (κ2) is 6.57. The lowest BCUT2D eigenvalue weighted by molar-refractivity contribution is -0.127. The Bertz CT molecular complexity index is 766. The molecule has 124 valence electrons. The van der Waals surface area contributed by atoms with Crippen LogP contribution in [-0.4, -0.2) is 35.5 Å². The van der Waals surface area contributed by atoms with Crippen molar-refractivity contribution >= 4 is 17.5 Å². The van der Waals surface area contributed by atoms with Gasteiger partial charge in [0.1, 0.15) is 11.6 Å². The largest absolute Gasteiger partial charge is 0.467 e. The van der Waals surface area contributed by atoms with E-state index in [-0.39, 0.29) is 0 Å². The van der Waals surface area contributed by atoms with E-state index in [0.717, 1.165) is 16.9 Å². The van der Waals surface area contributed by atoms with Crippen LogP contribution < -0.4 is 5.73 Å². The lowest BCUT2D eigenvalue weighted by atomic mass is 10.0. The first-order chi connectivity index (χ1) is 11.5. The summed E-state index contributed by atoms with van der Waals surface area (Å²) in [6.45, 7) is 0.522. The second-order valence-corrected chi connectivity index (χ2v) is 5.60. The van der Waals surface area contributed by atoms with E-state index < -0.39 is 12.0 Å². The van der Waals surface area contributed by atoms with E-state index in [9.17, 15) is 4.79 Å². The molecular formula is C17H18N4O3. The highest BCUT2D eigenvalue weighted by Gasteiger charge is 2.26. The van der Waals surface area contributed by atoms with Gasteiger partial charge in [-0.2, -0.15) is 0 Å². The second-order valence-electron chi connectivity index (χ2n) is 5.60. The van der Waals surface area contributed by atoms with Gasteiger partial charge in [0.15, 0.2) is 0 Å². The number of amides is 1. The van der Waals surface area contributed by atoms with Gasteiger partial charge in [0.2, 0.25) is 6.10 Å². The number of hydrogen-bond acceptors (Lipinski definition) is 5. The van der Waals surface area contributed by atoms with Crippen molar-refractivity contribution in [1.29, 1.82) is 5.41 Å². The van der Waals surface area contributed by atoms with Crippen molar-refractivity contribution in [2.45, 2.75) is 19.1 Å². The summed E-state index contributed by atoms with van der Waals surface area (Å²) in [7, 11) is 1.84. The molecule has 1 aliphatic heterocycles. The maximum Gasteiger partial charge on any atom is 0.261 e. The normalized spacial score (nSPS) is 16.4. The number of nitrogens with one attached hydrogen (secondary N) is 1. The highest BCUT2D eigenvalue weighted by molar-refractivity contribution is 6.04. The number of rotatable bonds is 5. The molecule has 3 N–H and O–H groups in total. The third kappa shape index (κ3) is 3.29. The molecule has 0 bridgehead atoms. The van der Waals surface area contributed by atoms with E-state index in [0.29, 0.717) is 24.5 Å². The molecule has 0 saturated heterocycles. The molecule has 1 aromatic carbocycles. The van der Waals surface area contributed by atoms with E-state index in [1.807, 2.05) is 43.4 Å². The summed E-state index contributed by atoms with van der Waals surface area (Å²) >= 11 is 0. The predicted octanol–water partition coefficient (Wildman–Crippen LogP) is 1.72. The van der Waals surface area contributed by atoms with E-state index >= 15 is 0 Å². The van der Waals surface area contributed by atoms with Gasteiger partial charge in [-0.15, -0.1) is 0 Å². The fourth-order valence-corrected chi connectivity index (χ4v) is 2.46. The molecule has 1 amide bonds. The number of benzene rings is 1. The van der Waals surface area contributed by atoms with Gasteiger partial charge in [-0.1, -0.05) is 29.4 Å². The highest BCUT2D eigenvalue weighted by Crippen LogP contribution is 2.18. The van der Waals surface area contributed by atoms with Crippen molar-refractivity contribution in [3.05, 3.63) is 59.5 Å². The van der Waals surface area contributed by atoms with Crippen LogP contribution >= 0.6 is 0 Å². The minimum Gasteiger partial charge on any atom is -0.467 e. The molecule has 1 aliphatic rings. The number of oxime groups is 1. The fraction of sp³-hybridized carbons (Fsp3) is 0.235. The van der Waals surface area contributed by atoms with E-state index in [1.165, 1.54) is 0 Å². The number of carbonyl (C=O) groups is 1. The predicted molar refractivity (Wildman–Crippen MR) is 88.7 cm³/mol. The van der Waals surface area contributed by atoms with Crippen molar-refractivity contribution in [1.82, 2.24) is 4.90 Å². The van der Waals surface area contributed by atoms with Crippen LogP contribution in [0.5, 0.6) is 0 Å². The zero-order valence-corrected chi connectivity index (χ0v) is 13.2. The van der Waals surface area contributed by atoms with Gasteiger partial charge >= 0.3 is 0 Å². The third-order valence-electron chi connectivity index (χ3n) is 3.83. The smallest absolute Gasteiger partial charge is 0.261 e. The molecule has 0 fully saturated rings. The summed E-state index contributed by atoms with van der Waals surface area (Å²) in [4.78, 5) is 17.9. The topological polar surface area (TPSA) is 105 Å². The number of amidine groups is 1. The quantitative estimate of drug-likeness (QED) is 0.644. The number of primary amides is 1. The minimum atomic E-state index is -0.697. The van der Waals surface area contributed by atoms with Crippen LogP contribution in [0, 0.1) is 5.41 Å². The Morgan fingerprint density at radius 3 is 2.71 bits per heavy atom. The van der Waals surface area contributed by atoms with Crippen LogP contribution in [0.3, 0.4) is 0 Å². The molecule has 3 rings (SSSR count). The molecule has 0 aliphatic carbocycles. The number of hydrogen-bond donors (Lipinski definition) is 2. The van der Waals surface area contributed by atoms with Crippen LogP contribution in [0.1, 0.15) is 23.3 Å². The molecule has 24 heavy (non-hydrogen) atoms. The molecule has 7 heteroatoms. The van der Waals surface area contributed by atoms with Crippen molar-refractivity contribution in [3.63, 3.8) is 0 Å². The Labute approximate surface area is 139 Å². The maximum atomic E-state index is 11.1. The number of nitrogens with zero attached hydrogens (tertiary/aromatic N) is 2. The lowest BCUT2D eigenvalue weighted by Crippen LogP contribution is -2.28. The summed E-state index contributed by atoms with van der Waals surface area (Å²) in [6.07, 6.45) is 1.29.